The first-order chi connectivity index (χ1) is 18.3. The van der Waals surface area contributed by atoms with Gasteiger partial charge in [0, 0.05) is 23.4 Å². The number of amides is 2. The number of fused-ring (bicyclic) bond motifs is 5. The summed E-state index contributed by atoms with van der Waals surface area (Å²) in [6, 6.07) is 17.6. The lowest BCUT2D eigenvalue weighted by Crippen LogP contribution is -2.67. The van der Waals surface area contributed by atoms with Crippen molar-refractivity contribution in [3.63, 3.8) is 0 Å². The van der Waals surface area contributed by atoms with Gasteiger partial charge in [-0.15, -0.1) is 0 Å². The van der Waals surface area contributed by atoms with E-state index in [-0.39, 0.29) is 36.9 Å². The lowest BCUT2D eigenvalue weighted by molar-refractivity contribution is -0.167. The van der Waals surface area contributed by atoms with E-state index in [0.717, 1.165) is 27.7 Å². The maximum atomic E-state index is 14.1. The maximum Gasteiger partial charge on any atom is 0.255 e. The van der Waals surface area contributed by atoms with E-state index in [4.69, 9.17) is 13.9 Å². The van der Waals surface area contributed by atoms with E-state index in [1.807, 2.05) is 63.2 Å². The third-order valence-electron chi connectivity index (χ3n) is 7.70. The van der Waals surface area contributed by atoms with Crippen molar-refractivity contribution in [3.05, 3.63) is 83.4 Å². The number of nitrogens with zero attached hydrogens (tertiary/aromatic N) is 2. The van der Waals surface area contributed by atoms with Crippen LogP contribution in [0, 0.1) is 0 Å². The Balaban J connectivity index is 1.50. The lowest BCUT2D eigenvalue weighted by atomic mass is 9.76. The fourth-order valence-electron chi connectivity index (χ4n) is 5.95. The Morgan fingerprint density at radius 3 is 2.66 bits per heavy atom. The molecule has 1 fully saturated rings. The predicted octanol–water partition coefficient (Wildman–Crippen LogP) is 4.79. The third-order valence-corrected chi connectivity index (χ3v) is 7.70. The van der Waals surface area contributed by atoms with Crippen molar-refractivity contribution < 1.29 is 23.5 Å². The second kappa shape index (κ2) is 8.97. The number of carbonyl (C=O) groups is 2. The van der Waals surface area contributed by atoms with Crippen LogP contribution in [-0.2, 0) is 21.7 Å². The molecule has 2 amide bonds. The highest BCUT2D eigenvalue weighted by Gasteiger charge is 2.56. The molecule has 2 aromatic heterocycles. The summed E-state index contributed by atoms with van der Waals surface area (Å²) in [4.78, 5) is 34.6. The highest BCUT2D eigenvalue weighted by molar-refractivity contribution is 6.01. The summed E-state index contributed by atoms with van der Waals surface area (Å²) in [5.41, 5.74) is 2.53. The van der Waals surface area contributed by atoms with Crippen LogP contribution < -0.4 is 9.47 Å². The summed E-state index contributed by atoms with van der Waals surface area (Å²) < 4.78 is 17.1. The van der Waals surface area contributed by atoms with Gasteiger partial charge in [-0.25, -0.2) is 0 Å². The molecule has 0 bridgehead atoms. The average Bonchev–Trinajstić information content (AvgIpc) is 3.56. The van der Waals surface area contributed by atoms with Gasteiger partial charge >= 0.3 is 0 Å². The number of aromatic nitrogens is 1. The number of benzene rings is 2. The summed E-state index contributed by atoms with van der Waals surface area (Å²) in [7, 11) is 1.63. The molecule has 2 aliphatic rings. The van der Waals surface area contributed by atoms with E-state index in [1.54, 1.807) is 29.2 Å². The van der Waals surface area contributed by atoms with Gasteiger partial charge < -0.3 is 28.7 Å². The fourth-order valence-corrected chi connectivity index (χ4v) is 5.95. The highest BCUT2D eigenvalue weighted by Crippen LogP contribution is 2.49. The number of hydrogen-bond donors (Lipinski definition) is 1. The summed E-state index contributed by atoms with van der Waals surface area (Å²) >= 11 is 0. The topological polar surface area (TPSA) is 88.0 Å². The number of piperazine rings is 1. The molecule has 2 aromatic carbocycles. The molecule has 0 saturated carbocycles. The summed E-state index contributed by atoms with van der Waals surface area (Å²) in [6.07, 6.45) is 1.58. The van der Waals surface area contributed by atoms with Crippen LogP contribution in [0.3, 0.4) is 0 Å². The lowest BCUT2D eigenvalue weighted by Gasteiger charge is -2.51. The molecule has 2 aliphatic heterocycles. The summed E-state index contributed by atoms with van der Waals surface area (Å²) in [5, 5.41) is 1.04. The van der Waals surface area contributed by atoms with Gasteiger partial charge in [-0.2, -0.15) is 0 Å². The molecule has 2 unspecified atom stereocenters. The maximum absolute atomic E-state index is 14.1. The van der Waals surface area contributed by atoms with Gasteiger partial charge in [-0.05, 0) is 62.2 Å². The second-order valence-electron chi connectivity index (χ2n) is 10.4. The van der Waals surface area contributed by atoms with Crippen LogP contribution >= 0.6 is 0 Å². The Hall–Kier alpha value is -4.20. The number of para-hydroxylation sites is 1. The van der Waals surface area contributed by atoms with Crippen molar-refractivity contribution in [1.82, 2.24) is 14.8 Å². The van der Waals surface area contributed by atoms with Crippen molar-refractivity contribution >= 4 is 22.7 Å². The van der Waals surface area contributed by atoms with Crippen LogP contribution in [-0.4, -0.2) is 52.9 Å². The van der Waals surface area contributed by atoms with Gasteiger partial charge in [0.1, 0.15) is 12.3 Å². The number of H-pyrrole nitrogens is 1. The Kier molecular flexibility index (Phi) is 5.70. The number of hydrogen-bond acceptors (Lipinski definition) is 5. The molecular weight excluding hydrogens is 482 g/mol. The number of ether oxygens (including phenoxy) is 2. The van der Waals surface area contributed by atoms with Gasteiger partial charge in [0.25, 0.3) is 5.91 Å². The first kappa shape index (κ1) is 24.2. The van der Waals surface area contributed by atoms with E-state index in [0.29, 0.717) is 23.8 Å². The standard InChI is InChI=1S/C30H31N3O5/c1-18(2)38-24-12-11-19(14-25(24)36-4)22-16-33-26(34)17-32(15-20-8-7-13-37-20)29(35)30(33,3)28-27(22)21-9-5-6-10-23(21)31-28/h5-14,18,22,31H,15-17H2,1-4H3. The molecule has 1 saturated heterocycles. The molecule has 8 heteroatoms. The van der Waals surface area contributed by atoms with Crippen molar-refractivity contribution in [1.29, 1.82) is 0 Å². The van der Waals surface area contributed by atoms with Crippen LogP contribution in [0.25, 0.3) is 10.9 Å². The number of furan rings is 1. The quantitative estimate of drug-likeness (QED) is 0.401. The van der Waals surface area contributed by atoms with Crippen LogP contribution in [0.15, 0.2) is 65.3 Å². The summed E-state index contributed by atoms with van der Waals surface area (Å²) in [5.74, 6) is 1.56. The Labute approximate surface area is 221 Å². The van der Waals surface area contributed by atoms with E-state index in [2.05, 4.69) is 11.1 Å². The molecule has 6 rings (SSSR count). The molecule has 0 aliphatic carbocycles. The van der Waals surface area contributed by atoms with Gasteiger partial charge in [0.05, 0.1) is 31.7 Å². The van der Waals surface area contributed by atoms with Crippen LogP contribution in [0.1, 0.15) is 49.3 Å². The molecule has 8 nitrogen and oxygen atoms in total. The molecule has 38 heavy (non-hydrogen) atoms. The Morgan fingerprint density at radius 2 is 1.92 bits per heavy atom. The number of carbonyl (C=O) groups excluding carboxylic acids is 2. The molecule has 0 spiro atoms. The van der Waals surface area contributed by atoms with Crippen LogP contribution in [0.5, 0.6) is 11.5 Å². The Bertz CT molecular complexity index is 1520. The SMILES string of the molecule is COc1cc(C2CN3C(=O)CN(Cc4ccco4)C(=O)C3(C)c3[nH]c4ccccc4c32)ccc1OC(C)C. The number of rotatable bonds is 6. The molecule has 2 atom stereocenters. The van der Waals surface area contributed by atoms with Gasteiger partial charge in [0.2, 0.25) is 5.91 Å². The van der Waals surface area contributed by atoms with Crippen LogP contribution in [0.4, 0.5) is 0 Å². The molecule has 1 N–H and O–H groups in total. The van der Waals surface area contributed by atoms with E-state index in [9.17, 15) is 9.59 Å². The average molecular weight is 514 g/mol. The van der Waals surface area contributed by atoms with E-state index < -0.39 is 5.54 Å². The van der Waals surface area contributed by atoms with E-state index in [1.165, 1.54) is 0 Å². The van der Waals surface area contributed by atoms with Gasteiger partial charge in [0.15, 0.2) is 17.0 Å². The molecular formula is C30H31N3O5. The monoisotopic (exact) mass is 513 g/mol. The highest BCUT2D eigenvalue weighted by atomic mass is 16.5. The minimum absolute atomic E-state index is 0.00188. The number of methoxy groups -OCH3 is 1. The van der Waals surface area contributed by atoms with Crippen molar-refractivity contribution in [2.75, 3.05) is 20.2 Å². The largest absolute Gasteiger partial charge is 0.493 e. The zero-order valence-electron chi connectivity index (χ0n) is 22.0. The number of aromatic amines is 1. The Morgan fingerprint density at radius 1 is 1.11 bits per heavy atom. The first-order valence-corrected chi connectivity index (χ1v) is 12.9. The predicted molar refractivity (Wildman–Crippen MR) is 142 cm³/mol. The second-order valence-corrected chi connectivity index (χ2v) is 10.4. The number of nitrogens with one attached hydrogen (secondary N) is 1. The van der Waals surface area contributed by atoms with Crippen molar-refractivity contribution in [2.24, 2.45) is 0 Å². The zero-order valence-corrected chi connectivity index (χ0v) is 22.0. The molecule has 4 heterocycles. The molecule has 0 radical (unpaired) electrons. The fraction of sp³-hybridized carbons (Fsp3) is 0.333. The third kappa shape index (κ3) is 3.66. The zero-order chi connectivity index (χ0) is 26.6. The first-order valence-electron chi connectivity index (χ1n) is 12.9. The normalized spacial score (nSPS) is 21.1. The van der Waals surface area contributed by atoms with Crippen molar-refractivity contribution in [2.45, 2.75) is 44.9 Å². The minimum atomic E-state index is -1.17. The van der Waals surface area contributed by atoms with Crippen LogP contribution in [0.2, 0.25) is 0 Å². The minimum Gasteiger partial charge on any atom is -0.493 e. The van der Waals surface area contributed by atoms with Gasteiger partial charge in [-0.3, -0.25) is 9.59 Å². The van der Waals surface area contributed by atoms with E-state index >= 15 is 0 Å². The smallest absolute Gasteiger partial charge is 0.255 e. The molecule has 196 valence electrons. The summed E-state index contributed by atoms with van der Waals surface area (Å²) in [6.45, 7) is 6.42. The molecule has 4 aromatic rings. The van der Waals surface area contributed by atoms with Gasteiger partial charge in [-0.1, -0.05) is 24.3 Å². The van der Waals surface area contributed by atoms with Crippen molar-refractivity contribution in [3.8, 4) is 11.5 Å².